The van der Waals surface area contributed by atoms with E-state index in [1.807, 2.05) is 0 Å². The van der Waals surface area contributed by atoms with Crippen molar-refractivity contribution in [3.05, 3.63) is 0 Å². The molecule has 0 rings (SSSR count). The van der Waals surface area contributed by atoms with Gasteiger partial charge in [-0.05, 0) is 0 Å². The van der Waals surface area contributed by atoms with Gasteiger partial charge in [-0.15, -0.1) is 0 Å². The molecule has 0 radical (unpaired) electrons. The van der Waals surface area contributed by atoms with Gasteiger partial charge in [0.2, 0.25) is 0 Å². The summed E-state index contributed by atoms with van der Waals surface area (Å²) >= 11 is 0. The Kier molecular flexibility index (Phi) is 7.42. The summed E-state index contributed by atoms with van der Waals surface area (Å²) < 4.78 is 0. The van der Waals surface area contributed by atoms with E-state index in [9.17, 15) is 0 Å². The molecule has 0 aliphatic rings. The van der Waals surface area contributed by atoms with E-state index in [2.05, 4.69) is 0 Å². The minimum atomic E-state index is -6.17. The summed E-state index contributed by atoms with van der Waals surface area (Å²) in [5.41, 5.74) is 0. The summed E-state index contributed by atoms with van der Waals surface area (Å²) in [5.74, 6) is 0. The Morgan fingerprint density at radius 1 is 0.533 bits per heavy atom. The Hall–Kier alpha value is 0.0958. The van der Waals surface area contributed by atoms with Gasteiger partial charge < -0.3 is 0 Å². The predicted molar refractivity (Wildman–Crippen MR) is 33.7 cm³/mol. The second-order valence-electron chi connectivity index (χ2n) is 1.80. The molecule has 65 valence electrons. The van der Waals surface area contributed by atoms with Crippen molar-refractivity contribution < 1.29 is 91.7 Å². The maximum absolute atomic E-state index is 8.58. The van der Waals surface area contributed by atoms with Crippen molar-refractivity contribution >= 4 is 0 Å². The monoisotopic (exact) mass is 274 g/mol. The number of hydrogen-bond acceptors (Lipinski definition) is 6. The molecule has 0 aliphatic carbocycles. The molecule has 0 atom stereocenters. The number of nitriles is 6. The van der Waals surface area contributed by atoms with Gasteiger partial charge in [-0.25, -0.2) is 0 Å². The first-order valence-electron chi connectivity index (χ1n) is 2.40. The maximum atomic E-state index is 8.58. The van der Waals surface area contributed by atoms with Gasteiger partial charge in [0.15, 0.2) is 0 Å². The molecule has 0 aromatic carbocycles. The van der Waals surface area contributed by atoms with Gasteiger partial charge in [-0.2, -0.15) is 0 Å². The normalized spacial score (nSPS) is 11.6. The largest absolute Gasteiger partial charge is 1.00 e. The van der Waals surface area contributed by atoms with Gasteiger partial charge in [0.25, 0.3) is 0 Å². The van der Waals surface area contributed by atoms with Gasteiger partial charge in [-0.3, -0.25) is 0 Å². The minimum absolute atomic E-state index is 0. The molecule has 0 spiro atoms. The second kappa shape index (κ2) is 5.43. The van der Waals surface area contributed by atoms with E-state index in [1.54, 1.807) is 0 Å². The number of rotatable bonds is 0. The summed E-state index contributed by atoms with van der Waals surface area (Å²) in [5, 5.41) is 51.5. The number of hydrogen-bond donors (Lipinski definition) is 0. The van der Waals surface area contributed by atoms with Crippen molar-refractivity contribution in [2.75, 3.05) is 0 Å². The van der Waals surface area contributed by atoms with E-state index in [4.69, 9.17) is 31.6 Å². The van der Waals surface area contributed by atoms with Crippen LogP contribution < -0.4 is 80.9 Å². The van der Waals surface area contributed by atoms with Crippen LogP contribution in [0.25, 0.3) is 0 Å². The van der Waals surface area contributed by atoms with Crippen LogP contribution in [0.4, 0.5) is 0 Å². The van der Waals surface area contributed by atoms with Crippen molar-refractivity contribution in [3.8, 4) is 29.8 Å². The Labute approximate surface area is 150 Å². The topological polar surface area (TPSA) is 143 Å². The summed E-state index contributed by atoms with van der Waals surface area (Å²) in [7, 11) is -6.17. The molecule has 0 aromatic rings. The smallest absolute Gasteiger partial charge is 1.00 e. The van der Waals surface area contributed by atoms with E-state index in [0.29, 0.717) is 0 Å². The predicted octanol–water partition coefficient (Wildman–Crippen LogP) is -5.89. The Morgan fingerprint density at radius 2 is 0.667 bits per heavy atom. The van der Waals surface area contributed by atoms with Crippen molar-refractivity contribution in [2.24, 2.45) is 0 Å². The molecule has 6 nitrogen and oxygen atoms in total. The van der Waals surface area contributed by atoms with Gasteiger partial charge >= 0.3 is 153 Å². The van der Waals surface area contributed by atoms with E-state index >= 15 is 0 Å². The molecule has 0 bridgehead atoms. The molecule has 0 N–H and O–H groups in total. The molecule has 0 aliphatic heterocycles. The maximum Gasteiger partial charge on any atom is 1.00 e. The molecular formula is C6FeKN6Na-. The van der Waals surface area contributed by atoms with Crippen LogP contribution in [0.15, 0.2) is 0 Å². The fraction of sp³-hybridized carbons (Fsp3) is 0. The Morgan fingerprint density at radius 3 is 0.667 bits per heavy atom. The summed E-state index contributed by atoms with van der Waals surface area (Å²) in [6.07, 6.45) is 0. The fourth-order valence-corrected chi connectivity index (χ4v) is 1.09. The first-order chi connectivity index (χ1) is 5.97. The van der Waals surface area contributed by atoms with Crippen LogP contribution in [0.1, 0.15) is 0 Å². The third kappa shape index (κ3) is 2.28. The molecular weight excluding hydrogens is 274 g/mol. The number of nitrogens with zero attached hydrogens (tertiary/aromatic N) is 6. The van der Waals surface area contributed by atoms with Crippen LogP contribution in [-0.4, -0.2) is 0 Å². The average molecular weight is 274 g/mol. The van der Waals surface area contributed by atoms with Gasteiger partial charge in [0.05, 0.1) is 0 Å². The fourth-order valence-electron chi connectivity index (χ4n) is 0.265. The van der Waals surface area contributed by atoms with Crippen LogP contribution in [0, 0.1) is 61.4 Å². The van der Waals surface area contributed by atoms with Crippen molar-refractivity contribution in [2.45, 2.75) is 0 Å². The first-order valence-corrected chi connectivity index (χ1v) is 5.71. The summed E-state index contributed by atoms with van der Waals surface area (Å²) in [4.78, 5) is 6.19. The SMILES string of the molecule is N#[C][Fe-3]([C]#N)([C]#N)([C]#N)([C]#N)[C]#N.[K+].[Na+]. The quantitative estimate of drug-likeness (QED) is 0.402. The van der Waals surface area contributed by atoms with Crippen LogP contribution in [0.2, 0.25) is 0 Å². The first kappa shape index (κ1) is 20.5. The zero-order valence-electron chi connectivity index (χ0n) is 8.04. The van der Waals surface area contributed by atoms with Gasteiger partial charge in [-0.1, -0.05) is 0 Å². The third-order valence-corrected chi connectivity index (χ3v) is 4.89. The molecule has 0 unspecified atom stereocenters. The zero-order chi connectivity index (χ0) is 10.7. The van der Waals surface area contributed by atoms with E-state index in [0.717, 1.165) is 29.8 Å². The third-order valence-electron chi connectivity index (χ3n) is 1.19. The van der Waals surface area contributed by atoms with Crippen molar-refractivity contribution in [1.29, 1.82) is 31.6 Å². The standard InChI is InChI=1S/6CN.Fe.K.Na/c6*1-2;;;/q;;;;;;-3;2*+1. The van der Waals surface area contributed by atoms with Crippen LogP contribution in [0.5, 0.6) is 0 Å². The van der Waals surface area contributed by atoms with Gasteiger partial charge in [0, 0.05) is 0 Å². The molecule has 0 saturated heterocycles. The van der Waals surface area contributed by atoms with Crippen LogP contribution in [-0.2, 0) is 10.7 Å². The molecule has 0 amide bonds. The average Bonchev–Trinajstić information content (AvgIpc) is 2.26. The van der Waals surface area contributed by atoms with E-state index in [-0.39, 0.29) is 80.9 Å². The minimum Gasteiger partial charge on any atom is 1.00 e. The summed E-state index contributed by atoms with van der Waals surface area (Å²) in [6.45, 7) is 0. The Bertz CT molecular complexity index is 397. The Balaban J connectivity index is -0.000000720. The summed E-state index contributed by atoms with van der Waals surface area (Å²) in [6, 6.07) is 0. The molecule has 0 fully saturated rings. The van der Waals surface area contributed by atoms with Crippen LogP contribution in [0.3, 0.4) is 0 Å². The van der Waals surface area contributed by atoms with Crippen molar-refractivity contribution in [3.63, 3.8) is 0 Å². The second-order valence-corrected chi connectivity index (χ2v) is 7.42. The van der Waals surface area contributed by atoms with E-state index in [1.165, 1.54) is 0 Å². The van der Waals surface area contributed by atoms with Crippen LogP contribution >= 0.6 is 0 Å². The van der Waals surface area contributed by atoms with Crippen molar-refractivity contribution in [1.82, 2.24) is 0 Å². The van der Waals surface area contributed by atoms with E-state index < -0.39 is 10.7 Å². The molecule has 9 heteroatoms. The molecule has 0 aromatic heterocycles. The molecule has 0 heterocycles. The molecule has 0 saturated carbocycles. The zero-order valence-corrected chi connectivity index (χ0v) is 14.3. The van der Waals surface area contributed by atoms with Gasteiger partial charge in [0.1, 0.15) is 0 Å². The molecule has 15 heavy (non-hydrogen) atoms.